The summed E-state index contributed by atoms with van der Waals surface area (Å²) in [5.74, 6) is -0.652. The Bertz CT molecular complexity index is 586. The second-order valence-electron chi connectivity index (χ2n) is 4.77. The first kappa shape index (κ1) is 15.9. The Labute approximate surface area is 127 Å². The molecule has 0 spiro atoms. The molecule has 0 atom stereocenters. The Morgan fingerprint density at radius 3 is 2.60 bits per heavy atom. The van der Waals surface area contributed by atoms with Crippen molar-refractivity contribution in [2.24, 2.45) is 0 Å². The van der Waals surface area contributed by atoms with Gasteiger partial charge in [0.1, 0.15) is 10.7 Å². The summed E-state index contributed by atoms with van der Waals surface area (Å²) < 4.78 is 41.3. The predicted octanol–water partition coefficient (Wildman–Crippen LogP) is 2.48. The Balaban J connectivity index is 2.42. The zero-order valence-corrected chi connectivity index (χ0v) is 13.7. The SMILES string of the molecule is CCNCc1cc(Br)cc(S(=O)(=O)N2CCCC2)c1F. The van der Waals surface area contributed by atoms with Gasteiger partial charge in [-0.1, -0.05) is 22.9 Å². The average Bonchev–Trinajstić information content (AvgIpc) is 2.93. The summed E-state index contributed by atoms with van der Waals surface area (Å²) in [6, 6.07) is 2.96. The molecule has 0 saturated carbocycles. The molecule has 0 aliphatic carbocycles. The predicted molar refractivity (Wildman–Crippen MR) is 79.5 cm³/mol. The van der Waals surface area contributed by atoms with Gasteiger partial charge in [0.15, 0.2) is 0 Å². The van der Waals surface area contributed by atoms with Crippen LogP contribution in [-0.4, -0.2) is 32.4 Å². The first-order valence-corrected chi connectivity index (χ1v) is 8.89. The molecule has 4 nitrogen and oxygen atoms in total. The number of sulfonamides is 1. The van der Waals surface area contributed by atoms with Crippen molar-refractivity contribution in [3.8, 4) is 0 Å². The van der Waals surface area contributed by atoms with Crippen molar-refractivity contribution < 1.29 is 12.8 Å². The molecule has 112 valence electrons. The van der Waals surface area contributed by atoms with Gasteiger partial charge in [-0.25, -0.2) is 12.8 Å². The van der Waals surface area contributed by atoms with Crippen LogP contribution in [0.15, 0.2) is 21.5 Å². The fourth-order valence-electron chi connectivity index (χ4n) is 2.26. The van der Waals surface area contributed by atoms with Crippen molar-refractivity contribution >= 4 is 26.0 Å². The zero-order chi connectivity index (χ0) is 14.8. The molecule has 1 aromatic rings. The van der Waals surface area contributed by atoms with E-state index in [1.54, 1.807) is 6.07 Å². The fourth-order valence-corrected chi connectivity index (χ4v) is 4.57. The third-order valence-electron chi connectivity index (χ3n) is 3.33. The van der Waals surface area contributed by atoms with E-state index in [0.29, 0.717) is 36.2 Å². The third kappa shape index (κ3) is 3.21. The van der Waals surface area contributed by atoms with Crippen LogP contribution >= 0.6 is 15.9 Å². The fraction of sp³-hybridized carbons (Fsp3) is 0.538. The summed E-state index contributed by atoms with van der Waals surface area (Å²) in [6.07, 6.45) is 1.66. The van der Waals surface area contributed by atoms with Crippen molar-refractivity contribution in [2.45, 2.75) is 31.2 Å². The van der Waals surface area contributed by atoms with Crippen molar-refractivity contribution in [1.29, 1.82) is 0 Å². The van der Waals surface area contributed by atoms with Gasteiger partial charge in [0.05, 0.1) is 0 Å². The molecule has 1 saturated heterocycles. The molecule has 0 unspecified atom stereocenters. The molecule has 0 bridgehead atoms. The second kappa shape index (κ2) is 6.51. The van der Waals surface area contributed by atoms with Gasteiger partial charge in [0.2, 0.25) is 10.0 Å². The number of nitrogens with zero attached hydrogens (tertiary/aromatic N) is 1. The van der Waals surface area contributed by atoms with Crippen LogP contribution < -0.4 is 5.32 Å². The van der Waals surface area contributed by atoms with Gasteiger partial charge in [-0.15, -0.1) is 0 Å². The molecule has 1 fully saturated rings. The molecule has 20 heavy (non-hydrogen) atoms. The Kier molecular flexibility index (Phi) is 5.17. The Morgan fingerprint density at radius 1 is 1.35 bits per heavy atom. The zero-order valence-electron chi connectivity index (χ0n) is 11.3. The van der Waals surface area contributed by atoms with E-state index in [1.165, 1.54) is 10.4 Å². The maximum atomic E-state index is 14.5. The van der Waals surface area contributed by atoms with Gasteiger partial charge >= 0.3 is 0 Å². The molecule has 1 N–H and O–H groups in total. The van der Waals surface area contributed by atoms with E-state index in [1.807, 2.05) is 6.92 Å². The highest BCUT2D eigenvalue weighted by Crippen LogP contribution is 2.28. The molecular formula is C13H18BrFN2O2S. The van der Waals surface area contributed by atoms with Crippen molar-refractivity contribution in [2.75, 3.05) is 19.6 Å². The smallest absolute Gasteiger partial charge is 0.246 e. The van der Waals surface area contributed by atoms with E-state index in [4.69, 9.17) is 0 Å². The van der Waals surface area contributed by atoms with Crippen molar-refractivity contribution in [3.05, 3.63) is 28.0 Å². The molecule has 2 rings (SSSR count). The lowest BCUT2D eigenvalue weighted by Gasteiger charge is -2.17. The van der Waals surface area contributed by atoms with E-state index >= 15 is 0 Å². The van der Waals surface area contributed by atoms with Crippen molar-refractivity contribution in [1.82, 2.24) is 9.62 Å². The van der Waals surface area contributed by atoms with Crippen LogP contribution in [0.25, 0.3) is 0 Å². The molecule has 1 aliphatic heterocycles. The van der Waals surface area contributed by atoms with E-state index in [2.05, 4.69) is 21.2 Å². The quantitative estimate of drug-likeness (QED) is 0.872. The standard InChI is InChI=1S/C13H18BrFN2O2S/c1-2-16-9-10-7-11(14)8-12(13(10)15)20(18,19)17-5-3-4-6-17/h7-8,16H,2-6,9H2,1H3. The van der Waals surface area contributed by atoms with Gasteiger partial charge < -0.3 is 5.32 Å². The minimum atomic E-state index is -3.74. The lowest BCUT2D eigenvalue weighted by molar-refractivity contribution is 0.467. The van der Waals surface area contributed by atoms with Crippen LogP contribution in [0.3, 0.4) is 0 Å². The molecular weight excluding hydrogens is 347 g/mol. The van der Waals surface area contributed by atoms with E-state index in [-0.39, 0.29) is 4.90 Å². The second-order valence-corrected chi connectivity index (χ2v) is 7.59. The molecule has 0 amide bonds. The minimum absolute atomic E-state index is 0.235. The normalized spacial score (nSPS) is 16.8. The first-order chi connectivity index (χ1) is 9.46. The molecule has 1 aliphatic rings. The number of benzene rings is 1. The van der Waals surface area contributed by atoms with Crippen LogP contribution in [-0.2, 0) is 16.6 Å². The van der Waals surface area contributed by atoms with E-state index in [0.717, 1.165) is 12.8 Å². The summed E-state index contributed by atoms with van der Waals surface area (Å²) in [4.78, 5) is -0.235. The van der Waals surface area contributed by atoms with Crippen LogP contribution in [0, 0.1) is 5.82 Å². The van der Waals surface area contributed by atoms with Gasteiger partial charge in [0.25, 0.3) is 0 Å². The van der Waals surface area contributed by atoms with Crippen LogP contribution in [0.1, 0.15) is 25.3 Å². The Hall–Kier alpha value is -0.500. The number of nitrogens with one attached hydrogen (secondary N) is 1. The molecule has 1 heterocycles. The molecule has 0 radical (unpaired) electrons. The monoisotopic (exact) mass is 364 g/mol. The van der Waals surface area contributed by atoms with Crippen molar-refractivity contribution in [3.63, 3.8) is 0 Å². The van der Waals surface area contributed by atoms with Crippen LogP contribution in [0.4, 0.5) is 4.39 Å². The summed E-state index contributed by atoms with van der Waals surface area (Å²) in [7, 11) is -3.74. The van der Waals surface area contributed by atoms with Gasteiger partial charge in [0, 0.05) is 29.7 Å². The van der Waals surface area contributed by atoms with Gasteiger partial charge in [-0.05, 0) is 31.5 Å². The first-order valence-electron chi connectivity index (χ1n) is 6.65. The highest BCUT2D eigenvalue weighted by molar-refractivity contribution is 9.10. The number of halogens is 2. The summed E-state index contributed by atoms with van der Waals surface area (Å²) in [6.45, 7) is 3.86. The maximum Gasteiger partial charge on any atom is 0.246 e. The summed E-state index contributed by atoms with van der Waals surface area (Å²) in [5, 5.41) is 3.01. The minimum Gasteiger partial charge on any atom is -0.313 e. The maximum absolute atomic E-state index is 14.5. The molecule has 0 aromatic heterocycles. The largest absolute Gasteiger partial charge is 0.313 e. The molecule has 1 aromatic carbocycles. The average molecular weight is 365 g/mol. The summed E-state index contributed by atoms with van der Waals surface area (Å²) in [5.41, 5.74) is 0.360. The number of hydrogen-bond donors (Lipinski definition) is 1. The highest BCUT2D eigenvalue weighted by Gasteiger charge is 2.30. The topological polar surface area (TPSA) is 49.4 Å². The van der Waals surface area contributed by atoms with Gasteiger partial charge in [-0.3, -0.25) is 0 Å². The number of hydrogen-bond acceptors (Lipinski definition) is 3. The summed E-state index contributed by atoms with van der Waals surface area (Å²) >= 11 is 3.26. The number of rotatable bonds is 5. The highest BCUT2D eigenvalue weighted by atomic mass is 79.9. The third-order valence-corrected chi connectivity index (χ3v) is 5.68. The van der Waals surface area contributed by atoms with Crippen LogP contribution in [0.5, 0.6) is 0 Å². The van der Waals surface area contributed by atoms with E-state index in [9.17, 15) is 12.8 Å². The van der Waals surface area contributed by atoms with E-state index < -0.39 is 15.8 Å². The van der Waals surface area contributed by atoms with Gasteiger partial charge in [-0.2, -0.15) is 4.31 Å². The lowest BCUT2D eigenvalue weighted by Crippen LogP contribution is -2.29. The molecule has 7 heteroatoms. The lowest BCUT2D eigenvalue weighted by atomic mass is 10.2. The van der Waals surface area contributed by atoms with Crippen LogP contribution in [0.2, 0.25) is 0 Å². The Morgan fingerprint density at radius 2 is 2.00 bits per heavy atom.